The van der Waals surface area contributed by atoms with Gasteiger partial charge in [0, 0.05) is 42.5 Å². The fourth-order valence-corrected chi connectivity index (χ4v) is 5.05. The van der Waals surface area contributed by atoms with Gasteiger partial charge in [-0.2, -0.15) is 0 Å². The number of hydrogen-bond acceptors (Lipinski definition) is 7. The molecular weight excluding hydrogens is 497 g/mol. The minimum absolute atomic E-state index is 0. The van der Waals surface area contributed by atoms with Crippen molar-refractivity contribution in [2.24, 2.45) is 0 Å². The molecule has 1 aromatic carbocycles. The van der Waals surface area contributed by atoms with Gasteiger partial charge in [-0.15, -0.1) is 12.4 Å². The van der Waals surface area contributed by atoms with Crippen LogP contribution in [0, 0.1) is 20.8 Å². The highest BCUT2D eigenvalue weighted by molar-refractivity contribution is 7.22. The summed E-state index contributed by atoms with van der Waals surface area (Å²) in [7, 11) is 0. The first-order valence-corrected chi connectivity index (χ1v) is 12.2. The van der Waals surface area contributed by atoms with Gasteiger partial charge in [0.2, 0.25) is 5.91 Å². The van der Waals surface area contributed by atoms with Crippen LogP contribution in [0.1, 0.15) is 23.2 Å². The largest absolute Gasteiger partial charge is 0.379 e. The molecule has 3 aromatic rings. The Morgan fingerprint density at radius 3 is 2.68 bits per heavy atom. The van der Waals surface area contributed by atoms with E-state index in [0.29, 0.717) is 28.0 Å². The first kappa shape index (κ1) is 26.6. The van der Waals surface area contributed by atoms with Gasteiger partial charge in [0.15, 0.2) is 5.13 Å². The van der Waals surface area contributed by atoms with Crippen molar-refractivity contribution < 1.29 is 9.53 Å². The van der Waals surface area contributed by atoms with Crippen LogP contribution in [0.15, 0.2) is 23.3 Å². The molecular formula is C23H29Cl2N5O3S. The molecule has 0 spiro atoms. The summed E-state index contributed by atoms with van der Waals surface area (Å²) in [5.74, 6) is -0.188. The molecule has 2 aromatic heterocycles. The number of carbonyl (C=O) groups is 1. The minimum Gasteiger partial charge on any atom is -0.379 e. The topological polar surface area (TPSA) is 80.6 Å². The van der Waals surface area contributed by atoms with E-state index in [1.807, 2.05) is 19.1 Å². The maximum atomic E-state index is 13.4. The van der Waals surface area contributed by atoms with Crippen LogP contribution in [0.3, 0.4) is 0 Å². The van der Waals surface area contributed by atoms with Crippen LogP contribution in [0.5, 0.6) is 0 Å². The number of aryl methyl sites for hydroxylation is 2. The summed E-state index contributed by atoms with van der Waals surface area (Å²) in [5, 5.41) is 1.27. The standard InChI is InChI=1S/C23H28ClN5O3S.ClH/c1-15-17(3)25-14-28(22(15)31)13-20(30)29(8-4-7-27-9-11-32-12-10-27)23-26-21-16(2)18(24)5-6-19(21)33-23;/h5-6,14H,4,7-13H2,1-3H3;1H. The number of morpholine rings is 1. The summed E-state index contributed by atoms with van der Waals surface area (Å²) in [6.07, 6.45) is 2.23. The minimum atomic E-state index is -0.198. The third-order valence-electron chi connectivity index (χ3n) is 6.05. The molecule has 1 fully saturated rings. The highest BCUT2D eigenvalue weighted by atomic mass is 35.5. The number of hydrogen-bond donors (Lipinski definition) is 0. The Kier molecular flexibility index (Phi) is 9.06. The van der Waals surface area contributed by atoms with E-state index >= 15 is 0 Å². The number of anilines is 1. The summed E-state index contributed by atoms with van der Waals surface area (Å²) in [4.78, 5) is 39.1. The number of thiazole rings is 1. The quantitative estimate of drug-likeness (QED) is 0.468. The Balaban J connectivity index is 0.00000324. The van der Waals surface area contributed by atoms with Gasteiger partial charge in [0.25, 0.3) is 5.56 Å². The number of rotatable bonds is 7. The smallest absolute Gasteiger partial charge is 0.256 e. The molecule has 1 aliphatic rings. The number of nitrogens with zero attached hydrogens (tertiary/aromatic N) is 5. The van der Waals surface area contributed by atoms with Crippen LogP contribution in [0.25, 0.3) is 10.2 Å². The van der Waals surface area contributed by atoms with E-state index in [9.17, 15) is 9.59 Å². The zero-order valence-electron chi connectivity index (χ0n) is 19.5. The SMILES string of the molecule is Cc1ncn(CC(=O)N(CCCN2CCOCC2)c2nc3c(C)c(Cl)ccc3s2)c(=O)c1C.Cl. The van der Waals surface area contributed by atoms with Crippen LogP contribution in [0.4, 0.5) is 5.13 Å². The number of benzene rings is 1. The molecule has 8 nitrogen and oxygen atoms in total. The van der Waals surface area contributed by atoms with Crippen molar-refractivity contribution >= 4 is 56.6 Å². The molecule has 1 saturated heterocycles. The predicted octanol–water partition coefficient (Wildman–Crippen LogP) is 3.61. The van der Waals surface area contributed by atoms with Gasteiger partial charge in [-0.1, -0.05) is 22.9 Å². The second-order valence-corrected chi connectivity index (χ2v) is 9.67. The molecule has 0 radical (unpaired) electrons. The predicted molar refractivity (Wildman–Crippen MR) is 139 cm³/mol. The first-order valence-electron chi connectivity index (χ1n) is 11.0. The maximum Gasteiger partial charge on any atom is 0.256 e. The first-order chi connectivity index (χ1) is 15.8. The van der Waals surface area contributed by atoms with Gasteiger partial charge in [-0.05, 0) is 44.9 Å². The van der Waals surface area contributed by atoms with Crippen LogP contribution < -0.4 is 10.5 Å². The lowest BCUT2D eigenvalue weighted by atomic mass is 10.2. The average molecular weight is 526 g/mol. The summed E-state index contributed by atoms with van der Waals surface area (Å²) >= 11 is 7.75. The normalized spacial score (nSPS) is 14.2. The zero-order valence-corrected chi connectivity index (χ0v) is 21.9. The number of carbonyl (C=O) groups excluding carboxylic acids is 1. The molecule has 0 bridgehead atoms. The van der Waals surface area contributed by atoms with Crippen LogP contribution in [-0.2, 0) is 16.1 Å². The number of fused-ring (bicyclic) bond motifs is 1. The van der Waals surface area contributed by atoms with Crippen molar-refractivity contribution in [2.45, 2.75) is 33.7 Å². The van der Waals surface area contributed by atoms with Crippen molar-refractivity contribution in [3.63, 3.8) is 0 Å². The van der Waals surface area contributed by atoms with E-state index in [0.717, 1.165) is 55.0 Å². The molecule has 1 amide bonds. The molecule has 0 saturated carbocycles. The monoisotopic (exact) mass is 525 g/mol. The highest BCUT2D eigenvalue weighted by Gasteiger charge is 2.22. The second-order valence-electron chi connectivity index (χ2n) is 8.26. The van der Waals surface area contributed by atoms with E-state index < -0.39 is 0 Å². The van der Waals surface area contributed by atoms with E-state index in [2.05, 4.69) is 9.88 Å². The van der Waals surface area contributed by atoms with Gasteiger partial charge in [-0.25, -0.2) is 9.97 Å². The van der Waals surface area contributed by atoms with E-state index in [1.54, 1.807) is 18.7 Å². The Labute approximate surface area is 213 Å². The molecule has 3 heterocycles. The van der Waals surface area contributed by atoms with Crippen molar-refractivity contribution in [3.05, 3.63) is 50.7 Å². The van der Waals surface area contributed by atoms with E-state index in [4.69, 9.17) is 21.3 Å². The third-order valence-corrected chi connectivity index (χ3v) is 7.50. The lowest BCUT2D eigenvalue weighted by molar-refractivity contribution is -0.119. The number of halogens is 2. The highest BCUT2D eigenvalue weighted by Crippen LogP contribution is 2.33. The summed E-state index contributed by atoms with van der Waals surface area (Å²) in [6.45, 7) is 10.0. The van der Waals surface area contributed by atoms with Gasteiger partial charge >= 0.3 is 0 Å². The molecule has 1 aliphatic heterocycles. The van der Waals surface area contributed by atoms with E-state index in [1.165, 1.54) is 22.2 Å². The van der Waals surface area contributed by atoms with Crippen LogP contribution in [0.2, 0.25) is 5.02 Å². The molecule has 0 atom stereocenters. The molecule has 4 rings (SSSR count). The number of ether oxygens (including phenoxy) is 1. The van der Waals surface area contributed by atoms with Crippen molar-refractivity contribution in [1.82, 2.24) is 19.4 Å². The summed E-state index contributed by atoms with van der Waals surface area (Å²) in [6, 6.07) is 3.78. The third kappa shape index (κ3) is 5.78. The van der Waals surface area contributed by atoms with Crippen LogP contribution in [-0.4, -0.2) is 64.7 Å². The molecule has 184 valence electrons. The van der Waals surface area contributed by atoms with Gasteiger partial charge in [0.1, 0.15) is 6.54 Å². The van der Waals surface area contributed by atoms with Gasteiger partial charge in [0.05, 0.1) is 29.8 Å². The Bertz CT molecular complexity index is 1220. The van der Waals surface area contributed by atoms with Crippen LogP contribution >= 0.6 is 35.3 Å². The van der Waals surface area contributed by atoms with Gasteiger partial charge < -0.3 is 4.74 Å². The van der Waals surface area contributed by atoms with Crippen molar-refractivity contribution in [3.8, 4) is 0 Å². The zero-order chi connectivity index (χ0) is 23.5. The number of amides is 1. The molecule has 0 unspecified atom stereocenters. The fourth-order valence-electron chi connectivity index (χ4n) is 3.83. The van der Waals surface area contributed by atoms with Gasteiger partial charge in [-0.3, -0.25) is 24.0 Å². The Hall–Kier alpha value is -2.04. The molecule has 34 heavy (non-hydrogen) atoms. The fraction of sp³-hybridized carbons (Fsp3) is 0.478. The lowest BCUT2D eigenvalue weighted by Crippen LogP contribution is -2.41. The van der Waals surface area contributed by atoms with Crippen molar-refractivity contribution in [2.75, 3.05) is 44.3 Å². The average Bonchev–Trinajstić information content (AvgIpc) is 3.25. The number of aromatic nitrogens is 3. The summed E-state index contributed by atoms with van der Waals surface area (Å²) < 4.78 is 7.77. The maximum absolute atomic E-state index is 13.4. The van der Waals surface area contributed by atoms with Crippen molar-refractivity contribution in [1.29, 1.82) is 0 Å². The molecule has 0 aliphatic carbocycles. The second kappa shape index (κ2) is 11.6. The molecule has 11 heteroatoms. The Morgan fingerprint density at radius 1 is 1.21 bits per heavy atom. The molecule has 0 N–H and O–H groups in total. The Morgan fingerprint density at radius 2 is 1.94 bits per heavy atom. The van der Waals surface area contributed by atoms with E-state index in [-0.39, 0.29) is 30.4 Å². The lowest BCUT2D eigenvalue weighted by Gasteiger charge is -2.27. The summed E-state index contributed by atoms with van der Waals surface area (Å²) in [5.41, 5.74) is 2.72.